The molecule has 0 aromatic heterocycles. The van der Waals surface area contributed by atoms with Crippen molar-refractivity contribution in [3.8, 4) is 0 Å². The molecular weight excluding hydrogens is 231 g/mol. The Morgan fingerprint density at radius 1 is 1.50 bits per heavy atom. The minimum absolute atomic E-state index is 0.0537. The Kier molecular flexibility index (Phi) is 5.43. The molecule has 0 aliphatic heterocycles. The highest BCUT2D eigenvalue weighted by atomic mass is 35.5. The van der Waals surface area contributed by atoms with Gasteiger partial charge in [0.05, 0.1) is 0 Å². The average Bonchev–Trinajstić information content (AvgIpc) is 2.23. The van der Waals surface area contributed by atoms with Crippen LogP contribution < -0.4 is 0 Å². The molecule has 0 amide bonds. The maximum Gasteiger partial charge on any atom is 0.162 e. The Hall–Kier alpha value is -0.930. The summed E-state index contributed by atoms with van der Waals surface area (Å²) in [7, 11) is 0. The molecule has 1 aromatic rings. The van der Waals surface area contributed by atoms with Gasteiger partial charge in [-0.3, -0.25) is 4.79 Å². The summed E-state index contributed by atoms with van der Waals surface area (Å²) in [5, 5.41) is 0.281. The van der Waals surface area contributed by atoms with Crippen LogP contribution in [0.1, 0.15) is 18.9 Å². The van der Waals surface area contributed by atoms with E-state index in [1.54, 1.807) is 0 Å². The fraction of sp³-hybridized carbons (Fsp3) is 0.417. The van der Waals surface area contributed by atoms with Crippen LogP contribution in [0.25, 0.3) is 0 Å². The van der Waals surface area contributed by atoms with Crippen molar-refractivity contribution in [3.63, 3.8) is 0 Å². The van der Waals surface area contributed by atoms with E-state index in [0.717, 1.165) is 6.42 Å². The van der Waals surface area contributed by atoms with E-state index >= 15 is 0 Å². The molecule has 0 radical (unpaired) electrons. The lowest BCUT2D eigenvalue weighted by Gasteiger charge is -2.04. The van der Waals surface area contributed by atoms with Crippen molar-refractivity contribution in [3.05, 3.63) is 34.6 Å². The predicted molar refractivity (Wildman–Crippen MR) is 61.2 cm³/mol. The number of benzene rings is 1. The van der Waals surface area contributed by atoms with Gasteiger partial charge in [0.2, 0.25) is 0 Å². The first kappa shape index (κ1) is 13.1. The molecular formula is C12H14ClFO2. The second-order valence-corrected chi connectivity index (χ2v) is 3.91. The van der Waals surface area contributed by atoms with E-state index < -0.39 is 5.82 Å². The summed E-state index contributed by atoms with van der Waals surface area (Å²) in [6, 6.07) is 4.02. The highest BCUT2D eigenvalue weighted by Gasteiger charge is 2.08. The van der Waals surface area contributed by atoms with Gasteiger partial charge in [-0.1, -0.05) is 24.6 Å². The summed E-state index contributed by atoms with van der Waals surface area (Å²) in [6.45, 7) is 2.63. The van der Waals surface area contributed by atoms with Crippen molar-refractivity contribution in [1.29, 1.82) is 0 Å². The van der Waals surface area contributed by atoms with Gasteiger partial charge in [-0.2, -0.15) is 0 Å². The Labute approximate surface area is 99.4 Å². The molecule has 0 atom stereocenters. The number of ether oxygens (including phenoxy) is 1. The van der Waals surface area contributed by atoms with Crippen LogP contribution in [0.3, 0.4) is 0 Å². The van der Waals surface area contributed by atoms with Crippen LogP contribution >= 0.6 is 11.6 Å². The highest BCUT2D eigenvalue weighted by Crippen LogP contribution is 2.17. The monoisotopic (exact) mass is 244 g/mol. The van der Waals surface area contributed by atoms with Gasteiger partial charge >= 0.3 is 0 Å². The SMILES string of the molecule is CCCOCC(=O)Cc1ccc(F)cc1Cl. The smallest absolute Gasteiger partial charge is 0.162 e. The van der Waals surface area contributed by atoms with Gasteiger partial charge in [-0.15, -0.1) is 0 Å². The minimum atomic E-state index is -0.400. The third-order valence-electron chi connectivity index (χ3n) is 2.01. The molecule has 16 heavy (non-hydrogen) atoms. The number of Topliss-reactive ketones (excluding diaryl/α,β-unsaturated/α-hetero) is 1. The van der Waals surface area contributed by atoms with Gasteiger partial charge in [-0.25, -0.2) is 4.39 Å². The number of rotatable bonds is 6. The molecule has 0 saturated carbocycles. The van der Waals surface area contributed by atoms with E-state index in [1.165, 1.54) is 18.2 Å². The molecule has 0 N–H and O–H groups in total. The Morgan fingerprint density at radius 2 is 2.25 bits per heavy atom. The van der Waals surface area contributed by atoms with Gasteiger partial charge in [0.15, 0.2) is 5.78 Å². The molecule has 0 aliphatic rings. The third kappa shape index (κ3) is 4.29. The van der Waals surface area contributed by atoms with Crippen molar-refractivity contribution in [2.45, 2.75) is 19.8 Å². The van der Waals surface area contributed by atoms with E-state index in [0.29, 0.717) is 12.2 Å². The van der Waals surface area contributed by atoms with Crippen molar-refractivity contribution in [1.82, 2.24) is 0 Å². The molecule has 4 heteroatoms. The zero-order chi connectivity index (χ0) is 12.0. The van der Waals surface area contributed by atoms with E-state index in [9.17, 15) is 9.18 Å². The molecule has 0 fully saturated rings. The van der Waals surface area contributed by atoms with Crippen molar-refractivity contribution < 1.29 is 13.9 Å². The fourth-order valence-electron chi connectivity index (χ4n) is 1.26. The first-order valence-electron chi connectivity index (χ1n) is 5.17. The van der Waals surface area contributed by atoms with Crippen LogP contribution in [0, 0.1) is 5.82 Å². The van der Waals surface area contributed by atoms with Crippen LogP contribution in [-0.4, -0.2) is 19.0 Å². The zero-order valence-electron chi connectivity index (χ0n) is 9.13. The molecule has 0 heterocycles. The van der Waals surface area contributed by atoms with Crippen molar-refractivity contribution >= 4 is 17.4 Å². The Balaban J connectivity index is 2.49. The predicted octanol–water partition coefficient (Wildman–Crippen LogP) is 3.02. The third-order valence-corrected chi connectivity index (χ3v) is 2.37. The fourth-order valence-corrected chi connectivity index (χ4v) is 1.49. The van der Waals surface area contributed by atoms with Crippen molar-refractivity contribution in [2.24, 2.45) is 0 Å². The number of ketones is 1. The molecule has 1 aromatic carbocycles. The first-order chi connectivity index (χ1) is 7.63. The van der Waals surface area contributed by atoms with E-state index in [-0.39, 0.29) is 23.8 Å². The Bertz CT molecular complexity index is 366. The summed E-state index contributed by atoms with van der Waals surface area (Å²) >= 11 is 5.80. The van der Waals surface area contributed by atoms with Gasteiger partial charge in [0.1, 0.15) is 12.4 Å². The van der Waals surface area contributed by atoms with Crippen LogP contribution in [0.5, 0.6) is 0 Å². The van der Waals surface area contributed by atoms with E-state index in [2.05, 4.69) is 0 Å². The lowest BCUT2D eigenvalue weighted by atomic mass is 10.1. The second-order valence-electron chi connectivity index (χ2n) is 3.50. The first-order valence-corrected chi connectivity index (χ1v) is 5.54. The summed E-state index contributed by atoms with van der Waals surface area (Å²) in [4.78, 5) is 11.4. The highest BCUT2D eigenvalue weighted by molar-refractivity contribution is 6.31. The minimum Gasteiger partial charge on any atom is -0.374 e. The van der Waals surface area contributed by atoms with Gasteiger partial charge in [0.25, 0.3) is 0 Å². The lowest BCUT2D eigenvalue weighted by Crippen LogP contribution is -2.12. The maximum atomic E-state index is 12.7. The molecule has 0 aliphatic carbocycles. The Morgan fingerprint density at radius 3 is 2.88 bits per heavy atom. The van der Waals surface area contributed by atoms with E-state index in [4.69, 9.17) is 16.3 Å². The molecule has 88 valence electrons. The molecule has 2 nitrogen and oxygen atoms in total. The lowest BCUT2D eigenvalue weighted by molar-refractivity contribution is -0.122. The van der Waals surface area contributed by atoms with Crippen LogP contribution in [0.4, 0.5) is 4.39 Å². The summed E-state index contributed by atoms with van der Waals surface area (Å²) < 4.78 is 17.9. The molecule has 0 saturated heterocycles. The van der Waals surface area contributed by atoms with Crippen LogP contribution in [0.2, 0.25) is 5.02 Å². The normalized spacial score (nSPS) is 10.4. The van der Waals surface area contributed by atoms with Gasteiger partial charge in [0, 0.05) is 18.1 Å². The summed E-state index contributed by atoms with van der Waals surface area (Å²) in [5.41, 5.74) is 0.633. The van der Waals surface area contributed by atoms with Gasteiger partial charge in [-0.05, 0) is 24.1 Å². The number of carbonyl (C=O) groups is 1. The summed E-state index contributed by atoms with van der Waals surface area (Å²) in [6.07, 6.45) is 1.06. The number of hydrogen-bond acceptors (Lipinski definition) is 2. The topological polar surface area (TPSA) is 26.3 Å². The second kappa shape index (κ2) is 6.61. The average molecular weight is 245 g/mol. The molecule has 0 bridgehead atoms. The number of halogens is 2. The standard InChI is InChI=1S/C12H14ClFO2/c1-2-5-16-8-11(15)6-9-3-4-10(14)7-12(9)13/h3-4,7H,2,5-6,8H2,1H3. The molecule has 1 rings (SSSR count). The quantitative estimate of drug-likeness (QED) is 0.719. The maximum absolute atomic E-state index is 12.7. The van der Waals surface area contributed by atoms with Gasteiger partial charge < -0.3 is 4.74 Å². The molecule has 0 spiro atoms. The number of carbonyl (C=O) groups excluding carboxylic acids is 1. The largest absolute Gasteiger partial charge is 0.374 e. The summed E-state index contributed by atoms with van der Waals surface area (Å²) in [5.74, 6) is -0.453. The van der Waals surface area contributed by atoms with Crippen LogP contribution in [0.15, 0.2) is 18.2 Å². The van der Waals surface area contributed by atoms with Crippen molar-refractivity contribution in [2.75, 3.05) is 13.2 Å². The van der Waals surface area contributed by atoms with E-state index in [1.807, 2.05) is 6.92 Å². The molecule has 0 unspecified atom stereocenters. The van der Waals surface area contributed by atoms with Crippen LogP contribution in [-0.2, 0) is 16.0 Å². The zero-order valence-corrected chi connectivity index (χ0v) is 9.89. The number of hydrogen-bond donors (Lipinski definition) is 0.